The minimum absolute atomic E-state index is 0.00825. The smallest absolute Gasteiger partial charge is 0.212 e. The zero-order valence-corrected chi connectivity index (χ0v) is 13.9. The lowest BCUT2D eigenvalue weighted by molar-refractivity contribution is 0.322. The standard InChI is InChI=1S/C16H17ClFNO3S/c17-15-12-14(18)6-7-16(15)22-10-9-19-23(20,21)11-8-13-4-2-1-3-5-13/h1-7,12,19H,8-11H2. The van der Waals surface area contributed by atoms with Crippen LogP contribution in [0.4, 0.5) is 4.39 Å². The molecule has 0 bridgehead atoms. The molecule has 0 amide bonds. The highest BCUT2D eigenvalue weighted by Gasteiger charge is 2.10. The summed E-state index contributed by atoms with van der Waals surface area (Å²) in [6.45, 7) is 0.223. The number of rotatable bonds is 8. The second kappa shape index (κ2) is 8.29. The van der Waals surface area contributed by atoms with Crippen molar-refractivity contribution in [3.05, 3.63) is 64.9 Å². The van der Waals surface area contributed by atoms with Crippen molar-refractivity contribution in [2.75, 3.05) is 18.9 Å². The summed E-state index contributed by atoms with van der Waals surface area (Å²) >= 11 is 5.81. The molecule has 0 radical (unpaired) electrons. The van der Waals surface area contributed by atoms with E-state index in [1.807, 2.05) is 30.3 Å². The second-order valence-electron chi connectivity index (χ2n) is 4.87. The molecule has 0 saturated heterocycles. The van der Waals surface area contributed by atoms with E-state index in [2.05, 4.69) is 4.72 Å². The van der Waals surface area contributed by atoms with E-state index in [0.717, 1.165) is 11.6 Å². The number of nitrogens with one attached hydrogen (secondary N) is 1. The van der Waals surface area contributed by atoms with E-state index in [0.29, 0.717) is 12.2 Å². The van der Waals surface area contributed by atoms with E-state index in [1.165, 1.54) is 12.1 Å². The van der Waals surface area contributed by atoms with Crippen molar-refractivity contribution in [2.24, 2.45) is 0 Å². The average molecular weight is 358 g/mol. The first-order chi connectivity index (χ1) is 11.0. The lowest BCUT2D eigenvalue weighted by atomic mass is 10.2. The molecule has 1 N–H and O–H groups in total. The SMILES string of the molecule is O=S(=O)(CCc1ccccc1)NCCOc1ccc(F)cc1Cl. The van der Waals surface area contributed by atoms with E-state index in [1.54, 1.807) is 0 Å². The van der Waals surface area contributed by atoms with Crippen LogP contribution in [0.5, 0.6) is 5.75 Å². The molecule has 2 aromatic carbocycles. The molecule has 0 spiro atoms. The van der Waals surface area contributed by atoms with Gasteiger partial charge in [-0.1, -0.05) is 41.9 Å². The molecule has 23 heavy (non-hydrogen) atoms. The Morgan fingerprint density at radius 1 is 1.13 bits per heavy atom. The van der Waals surface area contributed by atoms with E-state index in [9.17, 15) is 12.8 Å². The molecule has 0 aliphatic heterocycles. The van der Waals surface area contributed by atoms with Crippen molar-refractivity contribution < 1.29 is 17.5 Å². The van der Waals surface area contributed by atoms with Crippen molar-refractivity contribution in [3.63, 3.8) is 0 Å². The third kappa shape index (κ3) is 6.17. The maximum absolute atomic E-state index is 12.9. The van der Waals surface area contributed by atoms with Crippen molar-refractivity contribution in [3.8, 4) is 5.75 Å². The van der Waals surface area contributed by atoms with Crippen LogP contribution in [0.3, 0.4) is 0 Å². The molecule has 2 aromatic rings. The summed E-state index contributed by atoms with van der Waals surface area (Å²) < 4.78 is 44.4. The lowest BCUT2D eigenvalue weighted by Gasteiger charge is -2.09. The van der Waals surface area contributed by atoms with Crippen molar-refractivity contribution >= 4 is 21.6 Å². The number of ether oxygens (including phenoxy) is 1. The van der Waals surface area contributed by atoms with Gasteiger partial charge in [0, 0.05) is 6.54 Å². The lowest BCUT2D eigenvalue weighted by Crippen LogP contribution is -2.31. The minimum Gasteiger partial charge on any atom is -0.491 e. The van der Waals surface area contributed by atoms with Crippen molar-refractivity contribution in [2.45, 2.75) is 6.42 Å². The van der Waals surface area contributed by atoms with Gasteiger partial charge in [-0.05, 0) is 30.2 Å². The molecule has 0 atom stereocenters. The predicted molar refractivity (Wildman–Crippen MR) is 88.8 cm³/mol. The summed E-state index contributed by atoms with van der Waals surface area (Å²) in [5.74, 6) is -0.130. The van der Waals surface area contributed by atoms with Crippen LogP contribution in [0.25, 0.3) is 0 Å². The summed E-state index contributed by atoms with van der Waals surface area (Å²) in [5, 5.41) is 0.150. The van der Waals surface area contributed by atoms with E-state index in [4.69, 9.17) is 16.3 Å². The Bertz CT molecular complexity index is 738. The fraction of sp³-hybridized carbons (Fsp3) is 0.250. The monoisotopic (exact) mass is 357 g/mol. The van der Waals surface area contributed by atoms with E-state index < -0.39 is 15.8 Å². The van der Waals surface area contributed by atoms with Gasteiger partial charge in [0.15, 0.2) is 0 Å². The first-order valence-corrected chi connectivity index (χ1v) is 9.08. The molecule has 0 fully saturated rings. The van der Waals surface area contributed by atoms with Gasteiger partial charge >= 0.3 is 0 Å². The summed E-state index contributed by atoms with van der Waals surface area (Å²) in [6, 6.07) is 13.2. The van der Waals surface area contributed by atoms with Gasteiger partial charge in [-0.3, -0.25) is 0 Å². The van der Waals surface area contributed by atoms with Gasteiger partial charge in [-0.15, -0.1) is 0 Å². The molecule has 2 rings (SSSR count). The molecule has 0 aliphatic carbocycles. The molecule has 0 aliphatic rings. The van der Waals surface area contributed by atoms with Crippen LogP contribution in [0.2, 0.25) is 5.02 Å². The number of sulfonamides is 1. The molecular weight excluding hydrogens is 341 g/mol. The summed E-state index contributed by atoms with van der Waals surface area (Å²) in [7, 11) is -3.37. The first-order valence-electron chi connectivity index (χ1n) is 7.05. The normalized spacial score (nSPS) is 11.4. The first kappa shape index (κ1) is 17.7. The predicted octanol–water partition coefficient (Wildman–Crippen LogP) is 3.02. The summed E-state index contributed by atoms with van der Waals surface area (Å²) in [4.78, 5) is 0. The van der Waals surface area contributed by atoms with Crippen LogP contribution >= 0.6 is 11.6 Å². The molecule has 0 aromatic heterocycles. The fourth-order valence-corrected chi connectivity index (χ4v) is 3.18. The van der Waals surface area contributed by atoms with Crippen LogP contribution in [-0.2, 0) is 16.4 Å². The Hall–Kier alpha value is -1.63. The molecule has 0 unspecified atom stereocenters. The van der Waals surface area contributed by atoms with Crippen LogP contribution < -0.4 is 9.46 Å². The number of hydrogen-bond donors (Lipinski definition) is 1. The van der Waals surface area contributed by atoms with Crippen LogP contribution in [0, 0.1) is 5.82 Å². The van der Waals surface area contributed by atoms with Crippen LogP contribution in [0.15, 0.2) is 48.5 Å². The number of aryl methyl sites for hydroxylation is 1. The third-order valence-electron chi connectivity index (χ3n) is 3.08. The minimum atomic E-state index is -3.37. The van der Waals surface area contributed by atoms with Gasteiger partial charge < -0.3 is 4.74 Å². The summed E-state index contributed by atoms with van der Waals surface area (Å²) in [6.07, 6.45) is 0.445. The number of halogens is 2. The Morgan fingerprint density at radius 3 is 2.57 bits per heavy atom. The Kier molecular flexibility index (Phi) is 6.38. The molecule has 7 heteroatoms. The van der Waals surface area contributed by atoms with Gasteiger partial charge in [0.25, 0.3) is 0 Å². The van der Waals surface area contributed by atoms with Crippen molar-refractivity contribution in [1.82, 2.24) is 4.72 Å². The average Bonchev–Trinajstić information content (AvgIpc) is 2.52. The Balaban J connectivity index is 1.74. The van der Waals surface area contributed by atoms with E-state index >= 15 is 0 Å². The van der Waals surface area contributed by atoms with Crippen LogP contribution in [0.1, 0.15) is 5.56 Å². The van der Waals surface area contributed by atoms with Gasteiger partial charge in [0.2, 0.25) is 10.0 Å². The highest BCUT2D eigenvalue weighted by molar-refractivity contribution is 7.89. The largest absolute Gasteiger partial charge is 0.491 e. The van der Waals surface area contributed by atoms with Gasteiger partial charge in [0.05, 0.1) is 10.8 Å². The molecule has 0 heterocycles. The molecule has 0 saturated carbocycles. The highest BCUT2D eigenvalue weighted by atomic mass is 35.5. The third-order valence-corrected chi connectivity index (χ3v) is 4.76. The molecular formula is C16H17ClFNO3S. The number of hydrogen-bond acceptors (Lipinski definition) is 3. The van der Waals surface area contributed by atoms with Gasteiger partial charge in [-0.25, -0.2) is 17.5 Å². The van der Waals surface area contributed by atoms with Crippen LogP contribution in [-0.4, -0.2) is 27.3 Å². The Morgan fingerprint density at radius 2 is 1.87 bits per heavy atom. The zero-order chi connectivity index (χ0) is 16.7. The fourth-order valence-electron chi connectivity index (χ4n) is 1.92. The quantitative estimate of drug-likeness (QED) is 0.739. The zero-order valence-electron chi connectivity index (χ0n) is 12.3. The maximum atomic E-state index is 12.9. The van der Waals surface area contributed by atoms with E-state index in [-0.39, 0.29) is 23.9 Å². The van der Waals surface area contributed by atoms with Crippen molar-refractivity contribution in [1.29, 1.82) is 0 Å². The van der Waals surface area contributed by atoms with Gasteiger partial charge in [-0.2, -0.15) is 0 Å². The van der Waals surface area contributed by atoms with Gasteiger partial charge in [0.1, 0.15) is 18.2 Å². The topological polar surface area (TPSA) is 55.4 Å². The Labute approximate surface area is 140 Å². The molecule has 4 nitrogen and oxygen atoms in total. The summed E-state index contributed by atoms with van der Waals surface area (Å²) in [5.41, 5.74) is 0.965. The second-order valence-corrected chi connectivity index (χ2v) is 7.21. The highest BCUT2D eigenvalue weighted by Crippen LogP contribution is 2.24. The molecule has 124 valence electrons. The maximum Gasteiger partial charge on any atom is 0.212 e. The number of benzene rings is 2.